The van der Waals surface area contributed by atoms with Crippen molar-refractivity contribution < 1.29 is 13.2 Å². The molecule has 1 unspecified atom stereocenters. The number of nitrogens with zero attached hydrogens (tertiary/aromatic N) is 1. The van der Waals surface area contributed by atoms with E-state index in [1.807, 2.05) is 7.05 Å². The van der Waals surface area contributed by atoms with Gasteiger partial charge < -0.3 is 5.73 Å². The average Bonchev–Trinajstić information content (AvgIpc) is 2.27. The fraction of sp³-hybridized carbons (Fsp3) is 0.538. The summed E-state index contributed by atoms with van der Waals surface area (Å²) >= 11 is 0. The maximum absolute atomic E-state index is 12.7. The maximum atomic E-state index is 12.7. The van der Waals surface area contributed by atoms with Crippen LogP contribution in [-0.4, -0.2) is 18.5 Å². The highest BCUT2D eigenvalue weighted by Crippen LogP contribution is 2.36. The molecule has 2 N–H and O–H groups in total. The van der Waals surface area contributed by atoms with E-state index in [9.17, 15) is 13.2 Å². The summed E-state index contributed by atoms with van der Waals surface area (Å²) in [6.07, 6.45) is -1.30. The molecule has 1 aliphatic rings. The summed E-state index contributed by atoms with van der Waals surface area (Å²) in [6.45, 7) is 0.917. The predicted octanol–water partition coefficient (Wildman–Crippen LogP) is 3.44. The molecule has 1 atom stereocenters. The molecule has 0 amide bonds. The minimum atomic E-state index is -4.34. The molecule has 1 aromatic carbocycles. The van der Waals surface area contributed by atoms with Crippen molar-refractivity contribution in [2.75, 3.05) is 19.3 Å². The standard InChI is InChI=1S/C13H17F3N2/c1-18-5-3-2-4-12(18)9-6-10(13(14,15)16)8-11(17)7-9/h6-8,12H,2-5,17H2,1H3. The highest BCUT2D eigenvalue weighted by molar-refractivity contribution is 5.46. The smallest absolute Gasteiger partial charge is 0.399 e. The molecule has 2 nitrogen and oxygen atoms in total. The van der Waals surface area contributed by atoms with E-state index in [1.54, 1.807) is 6.07 Å². The van der Waals surface area contributed by atoms with Gasteiger partial charge in [-0.15, -0.1) is 0 Å². The maximum Gasteiger partial charge on any atom is 0.416 e. The van der Waals surface area contributed by atoms with Crippen LogP contribution in [0, 0.1) is 0 Å². The second-order valence-corrected chi connectivity index (χ2v) is 4.88. The van der Waals surface area contributed by atoms with Gasteiger partial charge >= 0.3 is 6.18 Å². The minimum absolute atomic E-state index is 0.0448. The Kier molecular flexibility index (Phi) is 3.52. The van der Waals surface area contributed by atoms with Crippen LogP contribution in [0.5, 0.6) is 0 Å². The first kappa shape index (κ1) is 13.2. The Morgan fingerprint density at radius 1 is 1.22 bits per heavy atom. The van der Waals surface area contributed by atoms with Crippen LogP contribution in [0.3, 0.4) is 0 Å². The summed E-state index contributed by atoms with van der Waals surface area (Å²) in [5.74, 6) is 0. The SMILES string of the molecule is CN1CCCCC1c1cc(N)cc(C(F)(F)F)c1. The van der Waals surface area contributed by atoms with Crippen LogP contribution in [0.15, 0.2) is 18.2 Å². The molecule has 18 heavy (non-hydrogen) atoms. The number of rotatable bonds is 1. The second kappa shape index (κ2) is 4.80. The summed E-state index contributed by atoms with van der Waals surface area (Å²) in [5, 5.41) is 0. The first-order chi connectivity index (χ1) is 8.38. The molecule has 1 fully saturated rings. The molecule has 0 spiro atoms. The Morgan fingerprint density at radius 3 is 2.56 bits per heavy atom. The zero-order chi connectivity index (χ0) is 13.3. The molecule has 0 aliphatic carbocycles. The number of hydrogen-bond acceptors (Lipinski definition) is 2. The second-order valence-electron chi connectivity index (χ2n) is 4.88. The number of piperidine rings is 1. The van der Waals surface area contributed by atoms with Crippen LogP contribution in [-0.2, 0) is 6.18 Å². The summed E-state index contributed by atoms with van der Waals surface area (Å²) < 4.78 is 38.2. The van der Waals surface area contributed by atoms with E-state index >= 15 is 0 Å². The Labute approximate surface area is 105 Å². The van der Waals surface area contributed by atoms with Crippen LogP contribution >= 0.6 is 0 Å². The summed E-state index contributed by atoms with van der Waals surface area (Å²) in [7, 11) is 1.94. The van der Waals surface area contributed by atoms with Crippen molar-refractivity contribution in [3.63, 3.8) is 0 Å². The van der Waals surface area contributed by atoms with Crippen LogP contribution in [0.25, 0.3) is 0 Å². The van der Waals surface area contributed by atoms with Crippen molar-refractivity contribution in [3.05, 3.63) is 29.3 Å². The van der Waals surface area contributed by atoms with Gasteiger partial charge in [0, 0.05) is 11.7 Å². The fourth-order valence-corrected chi connectivity index (χ4v) is 2.53. The van der Waals surface area contributed by atoms with E-state index in [2.05, 4.69) is 4.90 Å². The van der Waals surface area contributed by atoms with Gasteiger partial charge in [-0.05, 0) is 50.2 Å². The Morgan fingerprint density at radius 2 is 1.94 bits per heavy atom. The van der Waals surface area contributed by atoms with Crippen molar-refractivity contribution in [2.45, 2.75) is 31.5 Å². The zero-order valence-corrected chi connectivity index (χ0v) is 10.3. The molecule has 5 heteroatoms. The lowest BCUT2D eigenvalue weighted by Crippen LogP contribution is -2.29. The number of alkyl halides is 3. The van der Waals surface area contributed by atoms with E-state index in [-0.39, 0.29) is 11.7 Å². The molecule has 100 valence electrons. The molecule has 0 saturated carbocycles. The van der Waals surface area contributed by atoms with Crippen LogP contribution < -0.4 is 5.73 Å². The van der Waals surface area contributed by atoms with Crippen molar-refractivity contribution >= 4 is 5.69 Å². The molecular weight excluding hydrogens is 241 g/mol. The van der Waals surface area contributed by atoms with Gasteiger partial charge in [-0.25, -0.2) is 0 Å². The molecule has 1 aliphatic heterocycles. The number of halogens is 3. The van der Waals surface area contributed by atoms with Gasteiger partial charge in [0.15, 0.2) is 0 Å². The lowest BCUT2D eigenvalue weighted by atomic mass is 9.94. The quantitative estimate of drug-likeness (QED) is 0.782. The minimum Gasteiger partial charge on any atom is -0.399 e. The third-order valence-electron chi connectivity index (χ3n) is 3.46. The molecule has 0 radical (unpaired) electrons. The Hall–Kier alpha value is -1.23. The van der Waals surface area contributed by atoms with Crippen LogP contribution in [0.4, 0.5) is 18.9 Å². The third-order valence-corrected chi connectivity index (χ3v) is 3.46. The highest BCUT2D eigenvalue weighted by Gasteiger charge is 2.32. The van der Waals surface area contributed by atoms with Gasteiger partial charge in [-0.2, -0.15) is 13.2 Å². The normalized spacial score (nSPS) is 22.1. The number of likely N-dealkylation sites (tertiary alicyclic amines) is 1. The number of nitrogen functional groups attached to an aromatic ring is 1. The Bertz CT molecular complexity index is 429. The molecule has 0 bridgehead atoms. The summed E-state index contributed by atoms with van der Waals surface area (Å²) in [4.78, 5) is 2.10. The lowest BCUT2D eigenvalue weighted by Gasteiger charge is -2.33. The van der Waals surface area contributed by atoms with Gasteiger partial charge in [0.05, 0.1) is 5.56 Å². The number of anilines is 1. The van der Waals surface area contributed by atoms with Crippen LogP contribution in [0.1, 0.15) is 36.4 Å². The lowest BCUT2D eigenvalue weighted by molar-refractivity contribution is -0.137. The van der Waals surface area contributed by atoms with E-state index in [0.717, 1.165) is 31.9 Å². The number of benzene rings is 1. The largest absolute Gasteiger partial charge is 0.416 e. The van der Waals surface area contributed by atoms with Gasteiger partial charge in [0.2, 0.25) is 0 Å². The van der Waals surface area contributed by atoms with E-state index in [4.69, 9.17) is 5.73 Å². The van der Waals surface area contributed by atoms with Gasteiger partial charge in [-0.1, -0.05) is 6.42 Å². The fourth-order valence-electron chi connectivity index (χ4n) is 2.53. The van der Waals surface area contributed by atoms with E-state index in [0.29, 0.717) is 5.56 Å². The van der Waals surface area contributed by atoms with Crippen molar-refractivity contribution in [1.29, 1.82) is 0 Å². The average molecular weight is 258 g/mol. The molecule has 0 aromatic heterocycles. The summed E-state index contributed by atoms with van der Waals surface area (Å²) in [6, 6.07) is 3.92. The molecule has 1 heterocycles. The molecular formula is C13H17F3N2. The van der Waals surface area contributed by atoms with E-state index in [1.165, 1.54) is 6.07 Å². The number of nitrogens with two attached hydrogens (primary N) is 1. The molecule has 2 rings (SSSR count). The van der Waals surface area contributed by atoms with Gasteiger partial charge in [0.1, 0.15) is 0 Å². The van der Waals surface area contributed by atoms with Crippen molar-refractivity contribution in [3.8, 4) is 0 Å². The van der Waals surface area contributed by atoms with Crippen molar-refractivity contribution in [1.82, 2.24) is 4.90 Å². The predicted molar refractivity (Wildman–Crippen MR) is 65.1 cm³/mol. The van der Waals surface area contributed by atoms with E-state index < -0.39 is 11.7 Å². The Balaban J connectivity index is 2.35. The van der Waals surface area contributed by atoms with Gasteiger partial charge in [0.25, 0.3) is 0 Å². The van der Waals surface area contributed by atoms with Crippen molar-refractivity contribution in [2.24, 2.45) is 0 Å². The monoisotopic (exact) mass is 258 g/mol. The first-order valence-corrected chi connectivity index (χ1v) is 6.06. The molecule has 1 aromatic rings. The number of hydrogen-bond donors (Lipinski definition) is 1. The zero-order valence-electron chi connectivity index (χ0n) is 10.3. The molecule has 1 saturated heterocycles. The topological polar surface area (TPSA) is 29.3 Å². The first-order valence-electron chi connectivity index (χ1n) is 6.06. The van der Waals surface area contributed by atoms with Crippen LogP contribution in [0.2, 0.25) is 0 Å². The summed E-state index contributed by atoms with van der Waals surface area (Å²) in [5.41, 5.74) is 5.78. The van der Waals surface area contributed by atoms with Gasteiger partial charge in [-0.3, -0.25) is 4.90 Å². The third kappa shape index (κ3) is 2.77. The highest BCUT2D eigenvalue weighted by atomic mass is 19.4.